The lowest BCUT2D eigenvalue weighted by atomic mass is 9.97. The van der Waals surface area contributed by atoms with Crippen LogP contribution in [0.15, 0.2) is 0 Å². The van der Waals surface area contributed by atoms with Crippen molar-refractivity contribution in [2.75, 3.05) is 13.2 Å². The lowest BCUT2D eigenvalue weighted by Gasteiger charge is -2.16. The summed E-state index contributed by atoms with van der Waals surface area (Å²) in [4.78, 5) is 38.9. The summed E-state index contributed by atoms with van der Waals surface area (Å²) >= 11 is 0. The Kier molecular flexibility index (Phi) is 15.2. The summed E-state index contributed by atoms with van der Waals surface area (Å²) < 4.78 is 0. The molecule has 0 rings (SSSR count). The Bertz CT molecular complexity index is 290. The van der Waals surface area contributed by atoms with Crippen molar-refractivity contribution in [3.05, 3.63) is 0 Å². The number of carboxylic acid groups (broad SMARTS) is 2. The predicted octanol–water partition coefficient (Wildman–Crippen LogP) is 0.0974. The molecule has 0 saturated carbocycles. The van der Waals surface area contributed by atoms with Crippen molar-refractivity contribution in [2.24, 2.45) is 5.41 Å². The Morgan fingerprint density at radius 3 is 1.00 bits per heavy atom. The third kappa shape index (κ3) is 32.1. The summed E-state index contributed by atoms with van der Waals surface area (Å²) in [6.07, 6.45) is -0.722. The molecule has 0 bridgehead atoms. The van der Waals surface area contributed by atoms with Crippen LogP contribution in [-0.2, 0) is 19.2 Å². The number of aliphatic hydroxyl groups excluding tert-OH is 2. The highest BCUT2D eigenvalue weighted by Gasteiger charge is 2.13. The van der Waals surface area contributed by atoms with Crippen LogP contribution in [0.4, 0.5) is 0 Å². The van der Waals surface area contributed by atoms with Crippen molar-refractivity contribution in [3.63, 3.8) is 0 Å². The summed E-state index contributed by atoms with van der Waals surface area (Å²) in [5.41, 5.74) is -0.306. The fourth-order valence-corrected chi connectivity index (χ4v) is 0.476. The first-order chi connectivity index (χ1) is 9.37. The number of hydrogen-bond donors (Lipinski definition) is 4. The molecule has 0 aromatic heterocycles. The molecule has 0 spiro atoms. The molecule has 0 unspecified atom stereocenters. The van der Waals surface area contributed by atoms with E-state index in [0.29, 0.717) is 0 Å². The van der Waals surface area contributed by atoms with E-state index in [1.54, 1.807) is 13.8 Å². The van der Waals surface area contributed by atoms with E-state index in [4.69, 9.17) is 20.4 Å². The second-order valence-corrected chi connectivity index (χ2v) is 5.03. The highest BCUT2D eigenvalue weighted by atomic mass is 16.4. The molecule has 0 saturated heterocycles. The Labute approximate surface area is 123 Å². The number of carbonyl (C=O) groups is 4. The van der Waals surface area contributed by atoms with E-state index in [0.717, 1.165) is 0 Å². The average molecular weight is 308 g/mol. The second kappa shape index (κ2) is 13.2. The lowest BCUT2D eigenvalue weighted by Crippen LogP contribution is -2.20. The number of carboxylic acids is 2. The maximum atomic E-state index is 9.87. The first kappa shape index (κ1) is 24.2. The van der Waals surface area contributed by atoms with Crippen molar-refractivity contribution in [3.8, 4) is 0 Å². The zero-order chi connectivity index (χ0) is 17.6. The van der Waals surface area contributed by atoms with Gasteiger partial charge in [0.25, 0.3) is 0 Å². The third-order valence-corrected chi connectivity index (χ3v) is 1.66. The molecule has 8 heteroatoms. The van der Waals surface area contributed by atoms with Gasteiger partial charge in [-0.1, -0.05) is 13.8 Å². The standard InChI is InChI=1S/C5H12O2.2C4H6O3/c1-5(2,3-6)4-7;2*1-3(5)2-4(6)7/h6-7H,3-4H2,1-2H3;2*2H2,1H3,(H,6,7). The van der Waals surface area contributed by atoms with Crippen LogP contribution in [0.1, 0.15) is 40.5 Å². The zero-order valence-electron chi connectivity index (χ0n) is 12.8. The topological polar surface area (TPSA) is 149 Å². The van der Waals surface area contributed by atoms with Gasteiger partial charge in [-0.15, -0.1) is 0 Å². The van der Waals surface area contributed by atoms with Gasteiger partial charge >= 0.3 is 11.9 Å². The quantitative estimate of drug-likeness (QED) is 0.504. The van der Waals surface area contributed by atoms with E-state index in [-0.39, 0.29) is 43.0 Å². The van der Waals surface area contributed by atoms with Crippen LogP contribution in [-0.4, -0.2) is 57.1 Å². The number of aliphatic hydroxyl groups is 2. The summed E-state index contributed by atoms with van der Waals surface area (Å²) in [6.45, 7) is 6.18. The van der Waals surface area contributed by atoms with Gasteiger partial charge in [0.05, 0.1) is 13.2 Å². The fourth-order valence-electron chi connectivity index (χ4n) is 0.476. The molecule has 0 amide bonds. The van der Waals surface area contributed by atoms with Crippen LogP contribution in [0.5, 0.6) is 0 Å². The van der Waals surface area contributed by atoms with Crippen molar-refractivity contribution in [1.29, 1.82) is 0 Å². The minimum absolute atomic E-state index is 0.0451. The Morgan fingerprint density at radius 1 is 0.762 bits per heavy atom. The van der Waals surface area contributed by atoms with Gasteiger partial charge in [-0.3, -0.25) is 19.2 Å². The van der Waals surface area contributed by atoms with Crippen LogP contribution in [0.2, 0.25) is 0 Å². The molecule has 21 heavy (non-hydrogen) atoms. The van der Waals surface area contributed by atoms with Gasteiger partial charge in [0.2, 0.25) is 0 Å². The molecular formula is C13H24O8. The minimum Gasteiger partial charge on any atom is -0.481 e. The number of rotatable bonds is 6. The van der Waals surface area contributed by atoms with E-state index in [1.165, 1.54) is 13.8 Å². The highest BCUT2D eigenvalue weighted by Crippen LogP contribution is 2.10. The van der Waals surface area contributed by atoms with Crippen molar-refractivity contribution in [2.45, 2.75) is 40.5 Å². The molecule has 0 aliphatic heterocycles. The molecule has 0 aromatic rings. The van der Waals surface area contributed by atoms with Gasteiger partial charge in [0, 0.05) is 5.41 Å². The average Bonchev–Trinajstić information content (AvgIpc) is 2.27. The summed E-state index contributed by atoms with van der Waals surface area (Å²) in [7, 11) is 0. The first-order valence-electron chi connectivity index (χ1n) is 6.02. The summed E-state index contributed by atoms with van der Waals surface area (Å²) in [5.74, 6) is -2.75. The second-order valence-electron chi connectivity index (χ2n) is 5.03. The van der Waals surface area contributed by atoms with E-state index < -0.39 is 11.9 Å². The highest BCUT2D eigenvalue weighted by molar-refractivity contribution is 5.93. The number of ketones is 2. The normalized spacial score (nSPS) is 9.43. The van der Waals surface area contributed by atoms with Crippen molar-refractivity contribution < 1.29 is 39.6 Å². The van der Waals surface area contributed by atoms with E-state index in [1.807, 2.05) is 0 Å². The molecule has 0 aliphatic carbocycles. The maximum absolute atomic E-state index is 9.87. The van der Waals surface area contributed by atoms with Gasteiger partial charge in [-0.05, 0) is 13.8 Å². The van der Waals surface area contributed by atoms with Crippen LogP contribution in [0.25, 0.3) is 0 Å². The Morgan fingerprint density at radius 2 is 1.00 bits per heavy atom. The van der Waals surface area contributed by atoms with Gasteiger partial charge in [0.15, 0.2) is 0 Å². The first-order valence-corrected chi connectivity index (χ1v) is 6.02. The fraction of sp³-hybridized carbons (Fsp3) is 0.692. The predicted molar refractivity (Wildman–Crippen MR) is 73.8 cm³/mol. The van der Waals surface area contributed by atoms with Gasteiger partial charge < -0.3 is 20.4 Å². The van der Waals surface area contributed by atoms with E-state index >= 15 is 0 Å². The number of hydrogen-bond acceptors (Lipinski definition) is 6. The van der Waals surface area contributed by atoms with Crippen molar-refractivity contribution >= 4 is 23.5 Å². The largest absolute Gasteiger partial charge is 0.481 e. The molecule has 8 nitrogen and oxygen atoms in total. The smallest absolute Gasteiger partial charge is 0.310 e. The minimum atomic E-state index is -1.06. The van der Waals surface area contributed by atoms with Crippen molar-refractivity contribution in [1.82, 2.24) is 0 Å². The monoisotopic (exact) mass is 308 g/mol. The van der Waals surface area contributed by atoms with Gasteiger partial charge in [0.1, 0.15) is 24.4 Å². The van der Waals surface area contributed by atoms with Crippen LogP contribution < -0.4 is 0 Å². The molecule has 124 valence electrons. The Hall–Kier alpha value is -1.80. The Balaban J connectivity index is -0.000000231. The van der Waals surface area contributed by atoms with Gasteiger partial charge in [-0.2, -0.15) is 0 Å². The van der Waals surface area contributed by atoms with E-state index in [9.17, 15) is 19.2 Å². The number of aliphatic carboxylic acids is 2. The van der Waals surface area contributed by atoms with Crippen LogP contribution >= 0.6 is 0 Å². The number of carbonyl (C=O) groups excluding carboxylic acids is 2. The summed E-state index contributed by atoms with van der Waals surface area (Å²) in [6, 6.07) is 0. The molecule has 0 heterocycles. The van der Waals surface area contributed by atoms with Crippen LogP contribution in [0.3, 0.4) is 0 Å². The van der Waals surface area contributed by atoms with E-state index in [2.05, 4.69) is 0 Å². The third-order valence-electron chi connectivity index (χ3n) is 1.66. The SMILES string of the molecule is CC(=O)CC(=O)O.CC(=O)CC(=O)O.CC(C)(CO)CO. The molecule has 0 radical (unpaired) electrons. The molecular weight excluding hydrogens is 284 g/mol. The molecule has 0 aliphatic rings. The van der Waals surface area contributed by atoms with Gasteiger partial charge in [-0.25, -0.2) is 0 Å². The summed E-state index contributed by atoms with van der Waals surface area (Å²) in [5, 5.41) is 32.6. The molecule has 0 atom stereocenters. The number of Topliss-reactive ketones (excluding diaryl/α,β-unsaturated/α-hetero) is 2. The maximum Gasteiger partial charge on any atom is 0.310 e. The lowest BCUT2D eigenvalue weighted by molar-refractivity contribution is -0.141. The molecule has 4 N–H and O–H groups in total. The molecule has 0 fully saturated rings. The molecule has 0 aromatic carbocycles. The van der Waals surface area contributed by atoms with Crippen LogP contribution in [0, 0.1) is 5.41 Å². The zero-order valence-corrected chi connectivity index (χ0v) is 12.8.